The molecule has 0 bridgehead atoms. The van der Waals surface area contributed by atoms with E-state index >= 15 is 0 Å². The molecule has 0 saturated carbocycles. The van der Waals surface area contributed by atoms with Crippen molar-refractivity contribution in [2.24, 2.45) is 0 Å². The normalized spacial score (nSPS) is 16.4. The lowest BCUT2D eigenvalue weighted by Crippen LogP contribution is -2.36. The summed E-state index contributed by atoms with van der Waals surface area (Å²) in [6.07, 6.45) is 4.96. The smallest absolute Gasteiger partial charge is 0.338 e. The Hall–Kier alpha value is -3.09. The lowest BCUT2D eigenvalue weighted by molar-refractivity contribution is 0.00694. The molecule has 1 fully saturated rings. The molecule has 31 heavy (non-hydrogen) atoms. The zero-order chi connectivity index (χ0) is 22.0. The number of aromatic nitrogens is 1. The quantitative estimate of drug-likeness (QED) is 0.689. The van der Waals surface area contributed by atoms with Gasteiger partial charge in [-0.2, -0.15) is 0 Å². The highest BCUT2D eigenvalue weighted by molar-refractivity contribution is 5.93. The molecule has 0 spiro atoms. The summed E-state index contributed by atoms with van der Waals surface area (Å²) in [5.74, 6) is 0.270. The van der Waals surface area contributed by atoms with Crippen molar-refractivity contribution < 1.29 is 19.1 Å². The predicted octanol–water partition coefficient (Wildman–Crippen LogP) is 4.19. The molecular weight excluding hydrogens is 394 g/mol. The molecule has 3 heterocycles. The first-order chi connectivity index (χ1) is 14.8. The standard InChI is InChI=1S/C24H29N3O4/c1-24(2,3)31-23(29)17-7-9-18(10-8-17)27-13-14-30-21-15-19(25-16-20(21)27)22(28)26-11-5-4-6-12-26/h7-10,15-16H,4-6,11-14H2,1-3H3. The number of carbonyl (C=O) groups excluding carboxylic acids is 2. The van der Waals surface area contributed by atoms with E-state index in [1.807, 2.05) is 37.8 Å². The zero-order valence-corrected chi connectivity index (χ0v) is 18.4. The van der Waals surface area contributed by atoms with Gasteiger partial charge in [0.1, 0.15) is 29.3 Å². The molecule has 2 aliphatic heterocycles. The average molecular weight is 424 g/mol. The zero-order valence-electron chi connectivity index (χ0n) is 18.4. The minimum absolute atomic E-state index is 0.0371. The molecule has 4 rings (SSSR count). The van der Waals surface area contributed by atoms with E-state index < -0.39 is 5.60 Å². The first-order valence-corrected chi connectivity index (χ1v) is 10.8. The van der Waals surface area contributed by atoms with E-state index in [-0.39, 0.29) is 11.9 Å². The Balaban J connectivity index is 1.53. The van der Waals surface area contributed by atoms with Gasteiger partial charge in [0, 0.05) is 24.8 Å². The van der Waals surface area contributed by atoms with Crippen LogP contribution >= 0.6 is 0 Å². The van der Waals surface area contributed by atoms with Gasteiger partial charge in [-0.3, -0.25) is 4.79 Å². The van der Waals surface area contributed by atoms with E-state index in [4.69, 9.17) is 9.47 Å². The van der Waals surface area contributed by atoms with Gasteiger partial charge in [0.25, 0.3) is 5.91 Å². The molecule has 2 aliphatic rings. The number of pyridine rings is 1. The number of hydrogen-bond acceptors (Lipinski definition) is 6. The van der Waals surface area contributed by atoms with Gasteiger partial charge < -0.3 is 19.3 Å². The monoisotopic (exact) mass is 423 g/mol. The molecule has 1 aromatic heterocycles. The summed E-state index contributed by atoms with van der Waals surface area (Å²) >= 11 is 0. The number of likely N-dealkylation sites (tertiary alicyclic amines) is 1. The first-order valence-electron chi connectivity index (χ1n) is 10.8. The fourth-order valence-corrected chi connectivity index (χ4v) is 3.87. The van der Waals surface area contributed by atoms with Gasteiger partial charge in [0.05, 0.1) is 18.3 Å². The van der Waals surface area contributed by atoms with Crippen LogP contribution in [0.3, 0.4) is 0 Å². The average Bonchev–Trinajstić information content (AvgIpc) is 2.77. The maximum Gasteiger partial charge on any atom is 0.338 e. The lowest BCUT2D eigenvalue weighted by Gasteiger charge is -2.32. The van der Waals surface area contributed by atoms with Gasteiger partial charge in [-0.1, -0.05) is 0 Å². The number of esters is 1. The van der Waals surface area contributed by atoms with Crippen molar-refractivity contribution >= 4 is 23.3 Å². The highest BCUT2D eigenvalue weighted by atomic mass is 16.6. The number of anilines is 2. The maximum absolute atomic E-state index is 12.8. The molecule has 2 aromatic rings. The molecule has 1 aromatic carbocycles. The maximum atomic E-state index is 12.8. The van der Waals surface area contributed by atoms with Gasteiger partial charge in [-0.25, -0.2) is 9.78 Å². The lowest BCUT2D eigenvalue weighted by atomic mass is 10.1. The van der Waals surface area contributed by atoms with Crippen LogP contribution in [0.4, 0.5) is 11.4 Å². The molecule has 0 aliphatic carbocycles. The topological polar surface area (TPSA) is 72.0 Å². The Morgan fingerprint density at radius 1 is 1.03 bits per heavy atom. The van der Waals surface area contributed by atoms with Gasteiger partial charge in [0.2, 0.25) is 0 Å². The van der Waals surface area contributed by atoms with Crippen LogP contribution in [0.1, 0.15) is 60.9 Å². The van der Waals surface area contributed by atoms with E-state index in [0.29, 0.717) is 30.2 Å². The Kier molecular flexibility index (Phi) is 5.85. The van der Waals surface area contributed by atoms with E-state index in [1.54, 1.807) is 24.4 Å². The van der Waals surface area contributed by atoms with Crippen molar-refractivity contribution in [2.75, 3.05) is 31.1 Å². The summed E-state index contributed by atoms with van der Waals surface area (Å²) in [4.78, 5) is 33.5. The highest BCUT2D eigenvalue weighted by Crippen LogP contribution is 2.36. The van der Waals surface area contributed by atoms with Crippen LogP contribution in [0.2, 0.25) is 0 Å². The summed E-state index contributed by atoms with van der Waals surface area (Å²) in [7, 11) is 0. The van der Waals surface area contributed by atoms with Crippen molar-refractivity contribution in [1.82, 2.24) is 9.88 Å². The second-order valence-electron chi connectivity index (χ2n) is 8.94. The Labute approximate surface area is 183 Å². The third-order valence-electron chi connectivity index (χ3n) is 5.39. The molecule has 0 unspecified atom stereocenters. The summed E-state index contributed by atoms with van der Waals surface area (Å²) in [6.45, 7) is 8.27. The largest absolute Gasteiger partial charge is 0.489 e. The number of hydrogen-bond donors (Lipinski definition) is 0. The third kappa shape index (κ3) is 4.81. The van der Waals surface area contributed by atoms with Crippen molar-refractivity contribution in [1.29, 1.82) is 0 Å². The van der Waals surface area contributed by atoms with E-state index in [0.717, 1.165) is 37.3 Å². The summed E-state index contributed by atoms with van der Waals surface area (Å²) in [5.41, 5.74) is 2.13. The number of fused-ring (bicyclic) bond motifs is 1. The summed E-state index contributed by atoms with van der Waals surface area (Å²) in [6, 6.07) is 9.05. The van der Waals surface area contributed by atoms with Crippen molar-refractivity contribution in [3.63, 3.8) is 0 Å². The number of benzene rings is 1. The summed E-state index contributed by atoms with van der Waals surface area (Å²) < 4.78 is 11.3. The van der Waals surface area contributed by atoms with E-state index in [9.17, 15) is 9.59 Å². The van der Waals surface area contributed by atoms with Crippen molar-refractivity contribution in [3.05, 3.63) is 47.8 Å². The number of carbonyl (C=O) groups is 2. The number of rotatable bonds is 3. The molecule has 1 amide bonds. The Morgan fingerprint density at radius 2 is 1.74 bits per heavy atom. The van der Waals surface area contributed by atoms with Gasteiger partial charge in [-0.15, -0.1) is 0 Å². The van der Waals surface area contributed by atoms with Crippen LogP contribution in [0, 0.1) is 0 Å². The molecule has 7 heteroatoms. The molecule has 7 nitrogen and oxygen atoms in total. The molecular formula is C24H29N3O4. The van der Waals surface area contributed by atoms with Crippen LogP contribution in [-0.4, -0.2) is 53.6 Å². The van der Waals surface area contributed by atoms with Crippen LogP contribution in [-0.2, 0) is 4.74 Å². The van der Waals surface area contributed by atoms with Crippen molar-refractivity contribution in [3.8, 4) is 5.75 Å². The number of piperidine rings is 1. The van der Waals surface area contributed by atoms with E-state index in [1.165, 1.54) is 6.42 Å². The van der Waals surface area contributed by atoms with E-state index in [2.05, 4.69) is 9.88 Å². The Bertz CT molecular complexity index is 960. The van der Waals surface area contributed by atoms with Gasteiger partial charge in [0.15, 0.2) is 0 Å². The van der Waals surface area contributed by atoms with Gasteiger partial charge in [-0.05, 0) is 64.3 Å². The number of amides is 1. The number of nitrogens with zero attached hydrogens (tertiary/aromatic N) is 3. The van der Waals surface area contributed by atoms with Crippen LogP contribution in [0.5, 0.6) is 5.75 Å². The number of ether oxygens (including phenoxy) is 2. The minimum Gasteiger partial charge on any atom is -0.489 e. The second kappa shape index (κ2) is 8.57. The molecule has 1 saturated heterocycles. The van der Waals surface area contributed by atoms with Crippen LogP contribution < -0.4 is 9.64 Å². The van der Waals surface area contributed by atoms with Crippen LogP contribution in [0.25, 0.3) is 0 Å². The predicted molar refractivity (Wildman–Crippen MR) is 118 cm³/mol. The fourth-order valence-electron chi connectivity index (χ4n) is 3.87. The Morgan fingerprint density at radius 3 is 2.42 bits per heavy atom. The minimum atomic E-state index is -0.534. The molecule has 164 valence electrons. The molecule has 0 radical (unpaired) electrons. The summed E-state index contributed by atoms with van der Waals surface area (Å²) in [5, 5.41) is 0. The van der Waals surface area contributed by atoms with Gasteiger partial charge >= 0.3 is 5.97 Å². The SMILES string of the molecule is CC(C)(C)OC(=O)c1ccc(N2CCOc3cc(C(=O)N4CCCCC4)ncc32)cc1. The van der Waals surface area contributed by atoms with Crippen LogP contribution in [0.15, 0.2) is 36.5 Å². The molecule has 0 atom stereocenters. The second-order valence-corrected chi connectivity index (χ2v) is 8.94. The fraction of sp³-hybridized carbons (Fsp3) is 0.458. The molecule has 0 N–H and O–H groups in total. The highest BCUT2D eigenvalue weighted by Gasteiger charge is 2.25. The third-order valence-corrected chi connectivity index (χ3v) is 5.39. The first kappa shape index (κ1) is 21.2. The van der Waals surface area contributed by atoms with Crippen molar-refractivity contribution in [2.45, 2.75) is 45.6 Å².